The Kier molecular flexibility index (Phi) is 4.19. The lowest BCUT2D eigenvalue weighted by molar-refractivity contribution is -0.132. The summed E-state index contributed by atoms with van der Waals surface area (Å²) in [5.74, 6) is -1.75. The summed E-state index contributed by atoms with van der Waals surface area (Å²) in [6.45, 7) is 2.28. The smallest absolute Gasteiger partial charge is 0.308 e. The maximum atomic E-state index is 12.9. The second kappa shape index (κ2) is 6.32. The number of hydrogen-bond acceptors (Lipinski definition) is 6. The lowest BCUT2D eigenvalue weighted by Gasteiger charge is -2.21. The summed E-state index contributed by atoms with van der Waals surface area (Å²) >= 11 is 0. The van der Waals surface area contributed by atoms with E-state index in [2.05, 4.69) is 0 Å². The molecule has 0 N–H and O–H groups in total. The third-order valence-electron chi connectivity index (χ3n) is 3.69. The van der Waals surface area contributed by atoms with Crippen molar-refractivity contribution in [1.29, 1.82) is 0 Å². The van der Waals surface area contributed by atoms with Gasteiger partial charge >= 0.3 is 5.97 Å². The van der Waals surface area contributed by atoms with Crippen LogP contribution in [0.5, 0.6) is 11.5 Å². The molecule has 0 unspecified atom stereocenters. The van der Waals surface area contributed by atoms with Crippen molar-refractivity contribution in [2.75, 3.05) is 6.61 Å². The second-order valence-electron chi connectivity index (χ2n) is 5.60. The zero-order chi connectivity index (χ0) is 18.1. The average molecular weight is 338 g/mol. The van der Waals surface area contributed by atoms with Gasteiger partial charge in [0.15, 0.2) is 28.8 Å². The van der Waals surface area contributed by atoms with Crippen LogP contribution in [0.25, 0.3) is 0 Å². The van der Waals surface area contributed by atoms with E-state index in [1.807, 2.05) is 0 Å². The zero-order valence-corrected chi connectivity index (χ0v) is 13.6. The Morgan fingerprint density at radius 3 is 2.12 bits per heavy atom. The minimum absolute atomic E-state index is 0.0278. The lowest BCUT2D eigenvalue weighted by atomic mass is 9.83. The van der Waals surface area contributed by atoms with E-state index in [1.165, 1.54) is 26.0 Å². The van der Waals surface area contributed by atoms with E-state index in [-0.39, 0.29) is 46.4 Å². The fraction of sp³-hybridized carbons (Fsp3) is 0.158. The Bertz CT molecular complexity index is 926. The van der Waals surface area contributed by atoms with Crippen molar-refractivity contribution in [2.24, 2.45) is 0 Å². The highest BCUT2D eigenvalue weighted by molar-refractivity contribution is 6.29. The van der Waals surface area contributed by atoms with Gasteiger partial charge in [0.25, 0.3) is 0 Å². The third kappa shape index (κ3) is 2.94. The molecule has 3 rings (SSSR count). The Morgan fingerprint density at radius 1 is 0.880 bits per heavy atom. The van der Waals surface area contributed by atoms with Gasteiger partial charge in [-0.15, -0.1) is 0 Å². The minimum atomic E-state index is -0.666. The van der Waals surface area contributed by atoms with Crippen molar-refractivity contribution >= 4 is 23.3 Å². The van der Waals surface area contributed by atoms with Gasteiger partial charge in [0.05, 0.1) is 5.56 Å². The molecule has 0 radical (unpaired) electrons. The molecule has 126 valence electrons. The minimum Gasteiger partial charge on any atom is -0.482 e. The molecule has 0 saturated heterocycles. The molecule has 25 heavy (non-hydrogen) atoms. The predicted molar refractivity (Wildman–Crippen MR) is 87.2 cm³/mol. The number of hydrogen-bond donors (Lipinski definition) is 0. The molecule has 0 amide bonds. The first-order valence-corrected chi connectivity index (χ1v) is 7.56. The number of Topliss-reactive ketones (excluding diaryl/α,β-unsaturated/α-hetero) is 1. The number of esters is 1. The normalized spacial score (nSPS) is 12.2. The predicted octanol–water partition coefficient (Wildman–Crippen LogP) is 2.36. The maximum absolute atomic E-state index is 12.9. The molecular formula is C19H14O6. The van der Waals surface area contributed by atoms with Crippen LogP contribution < -0.4 is 9.47 Å². The van der Waals surface area contributed by atoms with Crippen molar-refractivity contribution < 1.29 is 28.7 Å². The number of ketones is 3. The monoisotopic (exact) mass is 338 g/mol. The topological polar surface area (TPSA) is 86.7 Å². The Hall–Kier alpha value is -3.28. The average Bonchev–Trinajstić information content (AvgIpc) is 2.57. The van der Waals surface area contributed by atoms with Gasteiger partial charge in [0, 0.05) is 23.6 Å². The van der Waals surface area contributed by atoms with Gasteiger partial charge in [-0.2, -0.15) is 0 Å². The van der Waals surface area contributed by atoms with Crippen LogP contribution in [0.1, 0.15) is 45.7 Å². The summed E-state index contributed by atoms with van der Waals surface area (Å²) in [4.78, 5) is 48.2. The number of ether oxygens (including phenoxy) is 2. The van der Waals surface area contributed by atoms with Crippen molar-refractivity contribution in [2.45, 2.75) is 13.8 Å². The number of benzene rings is 2. The molecule has 6 heteroatoms. The van der Waals surface area contributed by atoms with Crippen LogP contribution in [0.2, 0.25) is 0 Å². The highest BCUT2D eigenvalue weighted by atomic mass is 16.6. The Morgan fingerprint density at radius 2 is 1.52 bits per heavy atom. The molecule has 0 fully saturated rings. The van der Waals surface area contributed by atoms with E-state index in [0.29, 0.717) is 5.56 Å². The molecule has 2 aromatic carbocycles. The van der Waals surface area contributed by atoms with Gasteiger partial charge in [-0.05, 0) is 19.1 Å². The van der Waals surface area contributed by atoms with Gasteiger partial charge in [0.2, 0.25) is 0 Å². The van der Waals surface area contributed by atoms with E-state index >= 15 is 0 Å². The molecule has 0 bridgehead atoms. The largest absolute Gasteiger partial charge is 0.482 e. The van der Waals surface area contributed by atoms with Gasteiger partial charge in [-0.3, -0.25) is 19.2 Å². The van der Waals surface area contributed by atoms with Gasteiger partial charge in [-0.25, -0.2) is 0 Å². The summed E-state index contributed by atoms with van der Waals surface area (Å²) in [7, 11) is 0. The van der Waals surface area contributed by atoms with Crippen LogP contribution in [0, 0.1) is 0 Å². The van der Waals surface area contributed by atoms with Crippen LogP contribution in [0.4, 0.5) is 0 Å². The Balaban J connectivity index is 2.20. The summed E-state index contributed by atoms with van der Waals surface area (Å²) in [5, 5.41) is 0. The molecule has 0 aromatic heterocycles. The highest BCUT2D eigenvalue weighted by Gasteiger charge is 2.34. The quantitative estimate of drug-likeness (QED) is 0.536. The van der Waals surface area contributed by atoms with E-state index < -0.39 is 11.8 Å². The van der Waals surface area contributed by atoms with Gasteiger partial charge < -0.3 is 9.47 Å². The summed E-state index contributed by atoms with van der Waals surface area (Å²) < 4.78 is 10.5. The standard InChI is InChI=1S/C19H14O6/c1-10(20)9-24-15-8-7-14-16(19(15)25-11(2)21)18(23)13-6-4-3-5-12(13)17(14)22/h3-8H,9H2,1-2H3. The fourth-order valence-corrected chi connectivity index (χ4v) is 2.68. The molecular weight excluding hydrogens is 324 g/mol. The summed E-state index contributed by atoms with van der Waals surface area (Å²) in [6.07, 6.45) is 0. The van der Waals surface area contributed by atoms with Gasteiger partial charge in [-0.1, -0.05) is 24.3 Å². The second-order valence-corrected chi connectivity index (χ2v) is 5.60. The Labute approximate surface area is 143 Å². The van der Waals surface area contributed by atoms with Gasteiger partial charge in [0.1, 0.15) is 6.61 Å². The van der Waals surface area contributed by atoms with Crippen molar-refractivity contribution in [3.05, 3.63) is 58.7 Å². The molecule has 6 nitrogen and oxygen atoms in total. The summed E-state index contributed by atoms with van der Waals surface area (Å²) in [6, 6.07) is 9.29. The number of carbonyl (C=O) groups is 4. The van der Waals surface area contributed by atoms with Crippen LogP contribution in [-0.2, 0) is 9.59 Å². The van der Waals surface area contributed by atoms with Crippen LogP contribution in [0.3, 0.4) is 0 Å². The number of rotatable bonds is 4. The third-order valence-corrected chi connectivity index (χ3v) is 3.69. The number of carbonyl (C=O) groups excluding carboxylic acids is 4. The first kappa shape index (κ1) is 16.6. The fourth-order valence-electron chi connectivity index (χ4n) is 2.68. The molecule has 0 heterocycles. The molecule has 0 saturated carbocycles. The van der Waals surface area contributed by atoms with Crippen LogP contribution in [0.15, 0.2) is 36.4 Å². The number of fused-ring (bicyclic) bond motifs is 2. The SMILES string of the molecule is CC(=O)COc1ccc2c(c1OC(C)=O)C(=O)c1ccccc1C2=O. The van der Waals surface area contributed by atoms with Crippen molar-refractivity contribution in [1.82, 2.24) is 0 Å². The lowest BCUT2D eigenvalue weighted by Crippen LogP contribution is -2.23. The van der Waals surface area contributed by atoms with E-state index in [0.717, 1.165) is 0 Å². The highest BCUT2D eigenvalue weighted by Crippen LogP contribution is 2.39. The van der Waals surface area contributed by atoms with Crippen LogP contribution in [-0.4, -0.2) is 29.9 Å². The first-order valence-electron chi connectivity index (χ1n) is 7.56. The van der Waals surface area contributed by atoms with E-state index in [9.17, 15) is 19.2 Å². The van der Waals surface area contributed by atoms with Crippen molar-refractivity contribution in [3.63, 3.8) is 0 Å². The molecule has 2 aromatic rings. The van der Waals surface area contributed by atoms with Crippen molar-refractivity contribution in [3.8, 4) is 11.5 Å². The van der Waals surface area contributed by atoms with Crippen LogP contribution >= 0.6 is 0 Å². The zero-order valence-electron chi connectivity index (χ0n) is 13.6. The molecule has 0 aliphatic heterocycles. The molecule has 0 spiro atoms. The molecule has 1 aliphatic rings. The summed E-state index contributed by atoms with van der Waals surface area (Å²) in [5.41, 5.74) is 0.637. The van der Waals surface area contributed by atoms with E-state index in [4.69, 9.17) is 9.47 Å². The molecule has 1 aliphatic carbocycles. The first-order chi connectivity index (χ1) is 11.9. The maximum Gasteiger partial charge on any atom is 0.308 e. The van der Waals surface area contributed by atoms with E-state index in [1.54, 1.807) is 24.3 Å². The molecule has 0 atom stereocenters.